The molecule has 0 N–H and O–H groups in total. The molecule has 0 heterocycles. The van der Waals surface area contributed by atoms with Crippen molar-refractivity contribution >= 4 is 11.9 Å². The van der Waals surface area contributed by atoms with Gasteiger partial charge in [-0.25, -0.2) is 9.59 Å². The van der Waals surface area contributed by atoms with Crippen LogP contribution in [0.1, 0.15) is 34.6 Å². The van der Waals surface area contributed by atoms with Crippen LogP contribution in [0.5, 0.6) is 0 Å². The fourth-order valence-electron chi connectivity index (χ4n) is 1.26. The highest BCUT2D eigenvalue weighted by Crippen LogP contribution is 2.09. The lowest BCUT2D eigenvalue weighted by Gasteiger charge is -2.06. The summed E-state index contributed by atoms with van der Waals surface area (Å²) in [6, 6.07) is 6.25. The van der Waals surface area contributed by atoms with Crippen LogP contribution in [-0.2, 0) is 9.47 Å². The molecule has 18 heavy (non-hydrogen) atoms. The van der Waals surface area contributed by atoms with Crippen LogP contribution < -0.4 is 0 Å². The standard InChI is InChI=1S/C14H16O4/c1-4-17-13(15)11-6-5-7-12(8-11)14(16)18-9-10(2)3/h5-8H,2,4,9H2,1,3H3. The minimum Gasteiger partial charge on any atom is -0.462 e. The molecule has 0 aromatic heterocycles. The average molecular weight is 248 g/mol. The van der Waals surface area contributed by atoms with Crippen LogP contribution in [0, 0.1) is 0 Å². The lowest BCUT2D eigenvalue weighted by Crippen LogP contribution is -2.09. The molecule has 4 nitrogen and oxygen atoms in total. The van der Waals surface area contributed by atoms with Crippen molar-refractivity contribution in [2.24, 2.45) is 0 Å². The summed E-state index contributed by atoms with van der Waals surface area (Å²) in [7, 11) is 0. The van der Waals surface area contributed by atoms with Gasteiger partial charge in [-0.05, 0) is 37.6 Å². The lowest BCUT2D eigenvalue weighted by molar-refractivity contribution is 0.0526. The van der Waals surface area contributed by atoms with Crippen molar-refractivity contribution in [1.82, 2.24) is 0 Å². The van der Waals surface area contributed by atoms with Gasteiger partial charge in [-0.2, -0.15) is 0 Å². The van der Waals surface area contributed by atoms with E-state index in [0.717, 1.165) is 5.57 Å². The fraction of sp³-hybridized carbons (Fsp3) is 0.286. The second-order valence-corrected chi connectivity index (χ2v) is 3.83. The smallest absolute Gasteiger partial charge is 0.338 e. The summed E-state index contributed by atoms with van der Waals surface area (Å²) in [4.78, 5) is 23.2. The van der Waals surface area contributed by atoms with Crippen LogP contribution >= 0.6 is 0 Å². The number of esters is 2. The van der Waals surface area contributed by atoms with E-state index >= 15 is 0 Å². The zero-order chi connectivity index (χ0) is 13.5. The summed E-state index contributed by atoms with van der Waals surface area (Å²) in [5.41, 5.74) is 1.41. The second-order valence-electron chi connectivity index (χ2n) is 3.83. The highest BCUT2D eigenvalue weighted by Gasteiger charge is 2.11. The molecule has 0 saturated heterocycles. The monoisotopic (exact) mass is 248 g/mol. The number of benzene rings is 1. The topological polar surface area (TPSA) is 52.6 Å². The van der Waals surface area contributed by atoms with Crippen molar-refractivity contribution < 1.29 is 19.1 Å². The minimum absolute atomic E-state index is 0.169. The van der Waals surface area contributed by atoms with Gasteiger partial charge in [-0.15, -0.1) is 0 Å². The third kappa shape index (κ3) is 4.05. The first-order valence-corrected chi connectivity index (χ1v) is 5.63. The molecule has 1 aromatic carbocycles. The first-order chi connectivity index (χ1) is 8.54. The summed E-state index contributed by atoms with van der Waals surface area (Å²) in [6.45, 7) is 7.59. The Morgan fingerprint density at radius 3 is 2.22 bits per heavy atom. The number of hydrogen-bond acceptors (Lipinski definition) is 4. The maximum Gasteiger partial charge on any atom is 0.338 e. The highest BCUT2D eigenvalue weighted by molar-refractivity contribution is 5.95. The van der Waals surface area contributed by atoms with Crippen LogP contribution in [0.2, 0.25) is 0 Å². The van der Waals surface area contributed by atoms with Gasteiger partial charge in [0, 0.05) is 0 Å². The van der Waals surface area contributed by atoms with Crippen LogP contribution in [0.25, 0.3) is 0 Å². The molecule has 1 rings (SSSR count). The summed E-state index contributed by atoms with van der Waals surface area (Å²) in [6.07, 6.45) is 0. The van der Waals surface area contributed by atoms with Gasteiger partial charge in [0.1, 0.15) is 6.61 Å². The van der Waals surface area contributed by atoms with E-state index < -0.39 is 11.9 Å². The van der Waals surface area contributed by atoms with Crippen molar-refractivity contribution in [3.63, 3.8) is 0 Å². The predicted molar refractivity (Wildman–Crippen MR) is 67.5 cm³/mol. The Hall–Kier alpha value is -2.10. The number of ether oxygens (including phenoxy) is 2. The third-order valence-electron chi connectivity index (χ3n) is 2.06. The Bertz CT molecular complexity index is 463. The fourth-order valence-corrected chi connectivity index (χ4v) is 1.26. The molecule has 0 unspecified atom stereocenters. The van der Waals surface area contributed by atoms with E-state index in [-0.39, 0.29) is 6.61 Å². The molecule has 0 atom stereocenters. The quantitative estimate of drug-likeness (QED) is 0.593. The first kappa shape index (κ1) is 14.0. The average Bonchev–Trinajstić information content (AvgIpc) is 2.36. The zero-order valence-electron chi connectivity index (χ0n) is 10.6. The van der Waals surface area contributed by atoms with E-state index in [2.05, 4.69) is 6.58 Å². The Balaban J connectivity index is 2.78. The second kappa shape index (κ2) is 6.59. The van der Waals surface area contributed by atoms with Crippen LogP contribution in [0.3, 0.4) is 0 Å². The van der Waals surface area contributed by atoms with Gasteiger partial charge in [0.25, 0.3) is 0 Å². The number of hydrogen-bond donors (Lipinski definition) is 0. The molecular weight excluding hydrogens is 232 g/mol. The molecule has 0 saturated carbocycles. The molecule has 0 bridgehead atoms. The van der Waals surface area contributed by atoms with E-state index in [1.165, 1.54) is 6.07 Å². The summed E-state index contributed by atoms with van der Waals surface area (Å²) < 4.78 is 9.85. The van der Waals surface area contributed by atoms with Crippen molar-refractivity contribution in [1.29, 1.82) is 0 Å². The van der Waals surface area contributed by atoms with Crippen LogP contribution in [0.15, 0.2) is 36.4 Å². The van der Waals surface area contributed by atoms with Crippen LogP contribution in [-0.4, -0.2) is 25.2 Å². The summed E-state index contributed by atoms with van der Waals surface area (Å²) >= 11 is 0. The SMILES string of the molecule is C=C(C)COC(=O)c1cccc(C(=O)OCC)c1. The number of carbonyl (C=O) groups excluding carboxylic acids is 2. The molecule has 0 fully saturated rings. The minimum atomic E-state index is -0.482. The van der Waals surface area contributed by atoms with Gasteiger partial charge in [0.2, 0.25) is 0 Å². The van der Waals surface area contributed by atoms with Crippen molar-refractivity contribution in [2.75, 3.05) is 13.2 Å². The normalized spacial score (nSPS) is 9.67. The van der Waals surface area contributed by atoms with E-state index in [1.807, 2.05) is 0 Å². The maximum absolute atomic E-state index is 11.7. The van der Waals surface area contributed by atoms with Gasteiger partial charge < -0.3 is 9.47 Å². The highest BCUT2D eigenvalue weighted by atomic mass is 16.5. The molecule has 0 aliphatic rings. The molecule has 0 aliphatic heterocycles. The molecule has 1 aromatic rings. The van der Waals surface area contributed by atoms with Gasteiger partial charge in [0.15, 0.2) is 0 Å². The van der Waals surface area contributed by atoms with Crippen molar-refractivity contribution in [3.8, 4) is 0 Å². The Kier molecular flexibility index (Phi) is 5.11. The van der Waals surface area contributed by atoms with E-state index in [4.69, 9.17) is 9.47 Å². The van der Waals surface area contributed by atoms with Gasteiger partial charge in [-0.1, -0.05) is 12.6 Å². The van der Waals surface area contributed by atoms with Crippen LogP contribution in [0.4, 0.5) is 0 Å². The van der Waals surface area contributed by atoms with Gasteiger partial charge >= 0.3 is 11.9 Å². The Labute approximate surface area is 106 Å². The predicted octanol–water partition coefficient (Wildman–Crippen LogP) is 2.60. The van der Waals surface area contributed by atoms with Gasteiger partial charge in [-0.3, -0.25) is 0 Å². The Morgan fingerprint density at radius 1 is 1.17 bits per heavy atom. The van der Waals surface area contributed by atoms with E-state index in [0.29, 0.717) is 17.7 Å². The largest absolute Gasteiger partial charge is 0.462 e. The van der Waals surface area contributed by atoms with Gasteiger partial charge in [0.05, 0.1) is 17.7 Å². The van der Waals surface area contributed by atoms with Crippen molar-refractivity contribution in [2.45, 2.75) is 13.8 Å². The van der Waals surface area contributed by atoms with E-state index in [9.17, 15) is 9.59 Å². The molecule has 0 aliphatic carbocycles. The maximum atomic E-state index is 11.7. The summed E-state index contributed by atoms with van der Waals surface area (Å²) in [5, 5.41) is 0. The Morgan fingerprint density at radius 2 is 1.72 bits per heavy atom. The third-order valence-corrected chi connectivity index (χ3v) is 2.06. The number of rotatable bonds is 5. The van der Waals surface area contributed by atoms with E-state index in [1.54, 1.807) is 32.0 Å². The first-order valence-electron chi connectivity index (χ1n) is 5.63. The molecule has 4 heteroatoms. The lowest BCUT2D eigenvalue weighted by atomic mass is 10.1. The molecule has 96 valence electrons. The number of carbonyl (C=O) groups is 2. The molecular formula is C14H16O4. The molecule has 0 radical (unpaired) electrons. The zero-order valence-corrected chi connectivity index (χ0v) is 10.6. The molecule has 0 amide bonds. The van der Waals surface area contributed by atoms with Crippen molar-refractivity contribution in [3.05, 3.63) is 47.5 Å². The molecule has 0 spiro atoms. The summed E-state index contributed by atoms with van der Waals surface area (Å²) in [5.74, 6) is -0.934.